The van der Waals surface area contributed by atoms with Gasteiger partial charge in [-0.1, -0.05) is 48.2 Å². The minimum atomic E-state index is -0.351. The van der Waals surface area contributed by atoms with E-state index < -0.39 is 0 Å². The number of aromatic nitrogens is 2. The van der Waals surface area contributed by atoms with Crippen LogP contribution in [0.5, 0.6) is 5.75 Å². The lowest BCUT2D eigenvalue weighted by atomic mass is 10.2. The Hall–Kier alpha value is -3.23. The summed E-state index contributed by atoms with van der Waals surface area (Å²) in [5.41, 5.74) is 1.82. The first-order valence-corrected chi connectivity index (χ1v) is 9.47. The summed E-state index contributed by atoms with van der Waals surface area (Å²) >= 11 is 6.44. The highest BCUT2D eigenvalue weighted by atomic mass is 32.2. The van der Waals surface area contributed by atoms with Crippen molar-refractivity contribution in [2.75, 3.05) is 0 Å². The molecule has 4 rings (SSSR count). The number of para-hydroxylation sites is 2. The third-order valence-corrected chi connectivity index (χ3v) is 5.33. The molecule has 2 heterocycles. The molecular weight excluding hydrogens is 394 g/mol. The van der Waals surface area contributed by atoms with Gasteiger partial charge in [-0.3, -0.25) is 14.5 Å². The molecule has 1 amide bonds. The van der Waals surface area contributed by atoms with Crippen LogP contribution in [-0.4, -0.2) is 30.2 Å². The van der Waals surface area contributed by atoms with E-state index in [-0.39, 0.29) is 22.9 Å². The van der Waals surface area contributed by atoms with E-state index in [0.29, 0.717) is 25.8 Å². The number of carbonyl (C=O) groups is 1. The van der Waals surface area contributed by atoms with Gasteiger partial charge in [0.15, 0.2) is 4.32 Å². The number of aromatic hydroxyl groups is 1. The van der Waals surface area contributed by atoms with Crippen molar-refractivity contribution >= 4 is 57.4 Å². The van der Waals surface area contributed by atoms with E-state index in [9.17, 15) is 14.7 Å². The number of rotatable bonds is 3. The van der Waals surface area contributed by atoms with E-state index in [0.717, 1.165) is 11.8 Å². The van der Waals surface area contributed by atoms with Gasteiger partial charge >= 0.3 is 0 Å². The number of carbonyl (C=O) groups excluding carboxylic acids is 1. The zero-order valence-corrected chi connectivity index (χ0v) is 16.0. The molecule has 2 aromatic carbocycles. The van der Waals surface area contributed by atoms with Crippen LogP contribution in [0.4, 0.5) is 0 Å². The summed E-state index contributed by atoms with van der Waals surface area (Å²) in [7, 11) is 0. The van der Waals surface area contributed by atoms with Crippen LogP contribution in [-0.2, 0) is 4.79 Å². The third kappa shape index (κ3) is 3.60. The van der Waals surface area contributed by atoms with Gasteiger partial charge in [-0.15, -0.1) is 0 Å². The number of nitrogens with zero attached hydrogens (tertiary/aromatic N) is 2. The predicted octanol–water partition coefficient (Wildman–Crippen LogP) is 3.50. The maximum absolute atomic E-state index is 12.7. The largest absolute Gasteiger partial charge is 0.508 e. The molecule has 0 bridgehead atoms. The lowest BCUT2D eigenvalue weighted by Crippen LogP contribution is -2.22. The molecule has 138 valence electrons. The second-order valence-corrected chi connectivity index (χ2v) is 7.61. The second-order valence-electron chi connectivity index (χ2n) is 5.93. The van der Waals surface area contributed by atoms with Crippen molar-refractivity contribution in [2.45, 2.75) is 0 Å². The molecular formula is C20H13N3O3S2. The minimum absolute atomic E-state index is 0.116. The molecule has 8 heteroatoms. The summed E-state index contributed by atoms with van der Waals surface area (Å²) < 4.78 is 0.352. The number of benzene rings is 2. The lowest BCUT2D eigenvalue weighted by molar-refractivity contribution is -0.120. The predicted molar refractivity (Wildman–Crippen MR) is 115 cm³/mol. The quantitative estimate of drug-likeness (QED) is 0.511. The Bertz CT molecular complexity index is 1230. The van der Waals surface area contributed by atoms with Gasteiger partial charge in [0.25, 0.3) is 11.5 Å². The van der Waals surface area contributed by atoms with Crippen LogP contribution in [0.3, 0.4) is 0 Å². The zero-order chi connectivity index (χ0) is 19.7. The van der Waals surface area contributed by atoms with Crippen molar-refractivity contribution in [3.8, 4) is 5.75 Å². The van der Waals surface area contributed by atoms with Crippen LogP contribution in [0.25, 0.3) is 23.2 Å². The lowest BCUT2D eigenvalue weighted by Gasteiger charge is -2.07. The van der Waals surface area contributed by atoms with Gasteiger partial charge < -0.3 is 10.1 Å². The highest BCUT2D eigenvalue weighted by molar-refractivity contribution is 8.26. The fraction of sp³-hybridized carbons (Fsp3) is 0. The fourth-order valence-corrected chi connectivity index (χ4v) is 3.90. The van der Waals surface area contributed by atoms with Crippen molar-refractivity contribution in [3.05, 3.63) is 81.2 Å². The summed E-state index contributed by atoms with van der Waals surface area (Å²) in [5, 5.41) is 9.56. The number of hydrogen-bond donors (Lipinski definition) is 2. The normalized spacial score (nSPS) is 16.0. The van der Waals surface area contributed by atoms with E-state index in [1.807, 2.05) is 12.1 Å². The first-order valence-electron chi connectivity index (χ1n) is 8.24. The molecule has 0 saturated carbocycles. The van der Waals surface area contributed by atoms with Gasteiger partial charge in [-0.05, 0) is 42.0 Å². The molecule has 1 aliphatic rings. The summed E-state index contributed by atoms with van der Waals surface area (Å²) in [6.45, 7) is 0. The maximum Gasteiger partial charge on any atom is 0.274 e. The number of fused-ring (bicyclic) bond motifs is 1. The first kappa shape index (κ1) is 18.1. The number of phenols is 1. The van der Waals surface area contributed by atoms with E-state index >= 15 is 0 Å². The molecule has 1 aliphatic heterocycles. The molecule has 1 fully saturated rings. The Morgan fingerprint density at radius 1 is 1.14 bits per heavy atom. The Balaban J connectivity index is 1.62. The van der Waals surface area contributed by atoms with Crippen molar-refractivity contribution in [1.82, 2.24) is 14.9 Å². The number of hydrogen-bond acceptors (Lipinski definition) is 6. The van der Waals surface area contributed by atoms with Crippen molar-refractivity contribution in [1.29, 1.82) is 0 Å². The van der Waals surface area contributed by atoms with Crippen LogP contribution in [0, 0.1) is 0 Å². The Morgan fingerprint density at radius 2 is 1.96 bits per heavy atom. The van der Waals surface area contributed by atoms with Gasteiger partial charge in [0, 0.05) is 6.20 Å². The van der Waals surface area contributed by atoms with Gasteiger partial charge in [0.1, 0.15) is 11.4 Å². The van der Waals surface area contributed by atoms with Gasteiger partial charge in [-0.2, -0.15) is 0 Å². The molecule has 1 saturated heterocycles. The highest BCUT2D eigenvalue weighted by Crippen LogP contribution is 2.33. The molecule has 1 aromatic heterocycles. The van der Waals surface area contributed by atoms with Gasteiger partial charge in [-0.25, -0.2) is 4.98 Å². The van der Waals surface area contributed by atoms with Crippen LogP contribution >= 0.6 is 24.0 Å². The summed E-state index contributed by atoms with van der Waals surface area (Å²) in [5.74, 6) is -0.183. The molecule has 6 nitrogen and oxygen atoms in total. The molecule has 2 N–H and O–H groups in total. The average Bonchev–Trinajstić information content (AvgIpc) is 2.93. The highest BCUT2D eigenvalue weighted by Gasteiger charge is 2.30. The monoisotopic (exact) mass is 407 g/mol. The van der Waals surface area contributed by atoms with E-state index in [1.54, 1.807) is 42.5 Å². The van der Waals surface area contributed by atoms with Crippen LogP contribution in [0.1, 0.15) is 11.3 Å². The first-order chi connectivity index (χ1) is 13.5. The summed E-state index contributed by atoms with van der Waals surface area (Å²) in [6.07, 6.45) is 4.58. The Kier molecular flexibility index (Phi) is 4.81. The molecule has 0 aliphatic carbocycles. The summed E-state index contributed by atoms with van der Waals surface area (Å²) in [4.78, 5) is 33.7. The van der Waals surface area contributed by atoms with Crippen molar-refractivity contribution < 1.29 is 9.90 Å². The molecule has 0 atom stereocenters. The average molecular weight is 407 g/mol. The fourth-order valence-electron chi connectivity index (χ4n) is 2.68. The van der Waals surface area contributed by atoms with Crippen molar-refractivity contribution in [3.63, 3.8) is 0 Å². The minimum Gasteiger partial charge on any atom is -0.508 e. The molecule has 28 heavy (non-hydrogen) atoms. The van der Waals surface area contributed by atoms with Crippen LogP contribution in [0.2, 0.25) is 0 Å². The third-order valence-electron chi connectivity index (χ3n) is 4.00. The summed E-state index contributed by atoms with van der Waals surface area (Å²) in [6, 6.07) is 13.8. The van der Waals surface area contributed by atoms with Crippen LogP contribution in [0.15, 0.2) is 64.4 Å². The number of amides is 1. The number of thioether (sulfide) groups is 1. The Labute approximate surface area is 169 Å². The number of phenolic OH excluding ortho intramolecular Hbond substituents is 1. The van der Waals surface area contributed by atoms with Gasteiger partial charge in [0.05, 0.1) is 15.9 Å². The standard InChI is InChI=1S/C20H13N3O3S2/c24-13-5-3-4-12(10-13)11-17-19(26)23(20(27)28-17)9-8-16-18(25)22-15-7-2-1-6-14(15)21-16/h1-11,24H,(H,22,25). The van der Waals surface area contributed by atoms with E-state index in [2.05, 4.69) is 9.97 Å². The zero-order valence-electron chi connectivity index (χ0n) is 14.3. The Morgan fingerprint density at radius 3 is 2.79 bits per heavy atom. The topological polar surface area (TPSA) is 86.3 Å². The SMILES string of the molecule is O=C1C(=Cc2cccc(O)c2)SC(=S)N1C=Cc1nc2ccccc2[nH]c1=O. The molecule has 0 spiro atoms. The van der Waals surface area contributed by atoms with E-state index in [1.165, 1.54) is 17.2 Å². The van der Waals surface area contributed by atoms with Crippen LogP contribution < -0.4 is 5.56 Å². The maximum atomic E-state index is 12.7. The molecule has 0 radical (unpaired) electrons. The number of nitrogens with one attached hydrogen (secondary N) is 1. The number of H-pyrrole nitrogens is 1. The smallest absolute Gasteiger partial charge is 0.274 e. The second kappa shape index (κ2) is 7.41. The van der Waals surface area contributed by atoms with Gasteiger partial charge in [0.2, 0.25) is 0 Å². The number of aromatic amines is 1. The van der Waals surface area contributed by atoms with E-state index in [4.69, 9.17) is 12.2 Å². The number of thiocarbonyl (C=S) groups is 1. The molecule has 0 unspecified atom stereocenters. The molecule has 3 aromatic rings. The van der Waals surface area contributed by atoms with Crippen molar-refractivity contribution in [2.24, 2.45) is 0 Å².